The second-order valence-electron chi connectivity index (χ2n) is 4.97. The Kier molecular flexibility index (Phi) is 5.48. The summed E-state index contributed by atoms with van der Waals surface area (Å²) in [5, 5.41) is 3.54. The fraction of sp³-hybridized carbons (Fsp3) is 0.533. The van der Waals surface area contributed by atoms with Crippen molar-refractivity contribution in [2.75, 3.05) is 11.9 Å². The maximum absolute atomic E-state index is 11.8. The number of nitrogens with one attached hydrogen (secondary N) is 1. The van der Waals surface area contributed by atoms with Crippen molar-refractivity contribution in [3.63, 3.8) is 0 Å². The van der Waals surface area contributed by atoms with Crippen molar-refractivity contribution in [2.24, 2.45) is 5.92 Å². The predicted octanol–water partition coefficient (Wildman–Crippen LogP) is 3.83. The van der Waals surface area contributed by atoms with Crippen molar-refractivity contribution < 1.29 is 9.53 Å². The zero-order chi connectivity index (χ0) is 13.7. The summed E-state index contributed by atoms with van der Waals surface area (Å²) >= 11 is 2.31. The first-order valence-corrected chi connectivity index (χ1v) is 7.95. The molecule has 1 aromatic carbocycles. The second kappa shape index (κ2) is 7.12. The van der Waals surface area contributed by atoms with E-state index in [1.807, 2.05) is 6.92 Å². The van der Waals surface area contributed by atoms with E-state index in [9.17, 15) is 4.79 Å². The van der Waals surface area contributed by atoms with Crippen LogP contribution in [0.4, 0.5) is 5.69 Å². The first-order chi connectivity index (χ1) is 9.19. The second-order valence-corrected chi connectivity index (χ2v) is 6.21. The van der Waals surface area contributed by atoms with E-state index in [2.05, 4.69) is 52.2 Å². The molecule has 0 heterocycles. The lowest BCUT2D eigenvalue weighted by Gasteiger charge is -2.29. The molecular formula is C15H20INO2. The molecule has 2 rings (SSSR count). The number of esters is 1. The van der Waals surface area contributed by atoms with Gasteiger partial charge >= 0.3 is 5.97 Å². The average molecular weight is 373 g/mol. The Morgan fingerprint density at radius 2 is 2.32 bits per heavy atom. The number of benzene rings is 1. The van der Waals surface area contributed by atoms with Crippen molar-refractivity contribution >= 4 is 34.2 Å². The SMILES string of the molecule is CCOC(=O)C1CCCC(Nc2cccc(I)c2)C1. The number of anilines is 1. The van der Waals surface area contributed by atoms with E-state index in [1.54, 1.807) is 0 Å². The molecule has 1 saturated carbocycles. The van der Waals surface area contributed by atoms with Gasteiger partial charge < -0.3 is 10.1 Å². The zero-order valence-corrected chi connectivity index (χ0v) is 13.4. The Hall–Kier alpha value is -0.780. The number of carbonyl (C=O) groups excluding carboxylic acids is 1. The Morgan fingerprint density at radius 1 is 1.47 bits per heavy atom. The molecule has 2 unspecified atom stereocenters. The first kappa shape index (κ1) is 14.6. The van der Waals surface area contributed by atoms with Crippen LogP contribution in [0.25, 0.3) is 0 Å². The lowest BCUT2D eigenvalue weighted by atomic mass is 9.85. The van der Waals surface area contributed by atoms with Crippen molar-refractivity contribution in [3.05, 3.63) is 27.8 Å². The van der Waals surface area contributed by atoms with Gasteiger partial charge in [0.15, 0.2) is 0 Å². The molecule has 0 radical (unpaired) electrons. The minimum atomic E-state index is -0.0309. The molecule has 0 saturated heterocycles. The summed E-state index contributed by atoms with van der Waals surface area (Å²) in [6.07, 6.45) is 4.06. The highest BCUT2D eigenvalue weighted by Gasteiger charge is 2.28. The fourth-order valence-electron chi connectivity index (χ4n) is 2.61. The molecule has 3 nitrogen and oxygen atoms in total. The molecule has 0 spiro atoms. The van der Waals surface area contributed by atoms with Crippen LogP contribution in [0.1, 0.15) is 32.6 Å². The third-order valence-electron chi connectivity index (χ3n) is 3.49. The van der Waals surface area contributed by atoms with E-state index in [0.717, 1.165) is 31.4 Å². The molecule has 0 aromatic heterocycles. The van der Waals surface area contributed by atoms with Gasteiger partial charge in [0, 0.05) is 15.3 Å². The minimum Gasteiger partial charge on any atom is -0.466 e. The summed E-state index contributed by atoms with van der Waals surface area (Å²) in [7, 11) is 0. The van der Waals surface area contributed by atoms with Crippen molar-refractivity contribution in [1.82, 2.24) is 0 Å². The molecule has 0 bridgehead atoms. The summed E-state index contributed by atoms with van der Waals surface area (Å²) in [4.78, 5) is 11.8. The van der Waals surface area contributed by atoms with E-state index >= 15 is 0 Å². The van der Waals surface area contributed by atoms with Crippen LogP contribution in [0.2, 0.25) is 0 Å². The fourth-order valence-corrected chi connectivity index (χ4v) is 3.15. The van der Waals surface area contributed by atoms with Gasteiger partial charge in [0.1, 0.15) is 0 Å². The number of ether oxygens (including phenoxy) is 1. The normalized spacial score (nSPS) is 22.8. The molecule has 1 aliphatic carbocycles. The summed E-state index contributed by atoms with van der Waals surface area (Å²) in [6, 6.07) is 8.72. The van der Waals surface area contributed by atoms with Crippen molar-refractivity contribution in [3.8, 4) is 0 Å². The monoisotopic (exact) mass is 373 g/mol. The lowest BCUT2D eigenvalue weighted by molar-refractivity contribution is -0.149. The molecule has 4 heteroatoms. The molecule has 2 atom stereocenters. The van der Waals surface area contributed by atoms with E-state index < -0.39 is 0 Å². The first-order valence-electron chi connectivity index (χ1n) is 6.87. The highest BCUT2D eigenvalue weighted by atomic mass is 127. The number of halogens is 1. The molecule has 0 aliphatic heterocycles. The van der Waals surface area contributed by atoms with E-state index in [1.165, 1.54) is 3.57 Å². The Balaban J connectivity index is 1.92. The highest BCUT2D eigenvalue weighted by Crippen LogP contribution is 2.28. The maximum atomic E-state index is 11.8. The van der Waals surface area contributed by atoms with Crippen LogP contribution >= 0.6 is 22.6 Å². The van der Waals surface area contributed by atoms with Crippen LogP contribution in [0, 0.1) is 9.49 Å². The molecule has 19 heavy (non-hydrogen) atoms. The highest BCUT2D eigenvalue weighted by molar-refractivity contribution is 14.1. The average Bonchev–Trinajstić information content (AvgIpc) is 2.39. The molecule has 1 aromatic rings. The minimum absolute atomic E-state index is 0.0309. The Morgan fingerprint density at radius 3 is 3.05 bits per heavy atom. The van der Waals surface area contributed by atoms with Gasteiger partial charge in [-0.25, -0.2) is 0 Å². The molecule has 1 aliphatic rings. The number of hydrogen-bond acceptors (Lipinski definition) is 3. The van der Waals surface area contributed by atoms with Gasteiger partial charge in [0.05, 0.1) is 12.5 Å². The van der Waals surface area contributed by atoms with Crippen LogP contribution in [0.5, 0.6) is 0 Å². The van der Waals surface area contributed by atoms with E-state index in [-0.39, 0.29) is 11.9 Å². The van der Waals surface area contributed by atoms with E-state index in [4.69, 9.17) is 4.74 Å². The summed E-state index contributed by atoms with van der Waals surface area (Å²) in [5.74, 6) is 0.0330. The van der Waals surface area contributed by atoms with Crippen LogP contribution < -0.4 is 5.32 Å². The number of carbonyl (C=O) groups is 1. The molecule has 104 valence electrons. The van der Waals surface area contributed by atoms with Crippen LogP contribution in [0.3, 0.4) is 0 Å². The smallest absolute Gasteiger partial charge is 0.308 e. The Labute approximate surface area is 128 Å². The molecule has 1 N–H and O–H groups in total. The largest absolute Gasteiger partial charge is 0.466 e. The predicted molar refractivity (Wildman–Crippen MR) is 85.2 cm³/mol. The quantitative estimate of drug-likeness (QED) is 0.644. The Bertz CT molecular complexity index is 436. The van der Waals surface area contributed by atoms with Gasteiger partial charge in [-0.3, -0.25) is 4.79 Å². The molecule has 0 amide bonds. The third-order valence-corrected chi connectivity index (χ3v) is 4.16. The summed E-state index contributed by atoms with van der Waals surface area (Å²) < 4.78 is 6.35. The van der Waals surface area contributed by atoms with Gasteiger partial charge in [-0.1, -0.05) is 12.5 Å². The third kappa shape index (κ3) is 4.37. The van der Waals surface area contributed by atoms with Gasteiger partial charge in [0.2, 0.25) is 0 Å². The van der Waals surface area contributed by atoms with Gasteiger partial charge in [0.25, 0.3) is 0 Å². The standard InChI is InChI=1S/C15H20INO2/c1-2-19-15(18)11-5-3-7-13(9-11)17-14-8-4-6-12(16)10-14/h4,6,8,10-11,13,17H,2-3,5,7,9H2,1H3. The number of hydrogen-bond donors (Lipinski definition) is 1. The van der Waals surface area contributed by atoms with Gasteiger partial charge in [-0.2, -0.15) is 0 Å². The molecular weight excluding hydrogens is 353 g/mol. The summed E-state index contributed by atoms with van der Waals surface area (Å²) in [5.41, 5.74) is 1.14. The van der Waals surface area contributed by atoms with Crippen LogP contribution in [-0.2, 0) is 9.53 Å². The number of rotatable bonds is 4. The van der Waals surface area contributed by atoms with Crippen LogP contribution in [-0.4, -0.2) is 18.6 Å². The topological polar surface area (TPSA) is 38.3 Å². The summed E-state index contributed by atoms with van der Waals surface area (Å²) in [6.45, 7) is 2.34. The maximum Gasteiger partial charge on any atom is 0.308 e. The van der Waals surface area contributed by atoms with Crippen LogP contribution in [0.15, 0.2) is 24.3 Å². The van der Waals surface area contributed by atoms with Crippen molar-refractivity contribution in [1.29, 1.82) is 0 Å². The van der Waals surface area contributed by atoms with E-state index in [0.29, 0.717) is 12.6 Å². The van der Waals surface area contributed by atoms with Crippen molar-refractivity contribution in [2.45, 2.75) is 38.6 Å². The zero-order valence-electron chi connectivity index (χ0n) is 11.2. The lowest BCUT2D eigenvalue weighted by Crippen LogP contribution is -2.32. The molecule has 1 fully saturated rings. The van der Waals surface area contributed by atoms with Gasteiger partial charge in [-0.15, -0.1) is 0 Å². The van der Waals surface area contributed by atoms with Gasteiger partial charge in [-0.05, 0) is 67.0 Å².